The summed E-state index contributed by atoms with van der Waals surface area (Å²) in [7, 11) is 5.12. The number of likely N-dealkylation sites (tertiary alicyclic amines) is 1. The van der Waals surface area contributed by atoms with Crippen LogP contribution < -0.4 is 5.32 Å². The van der Waals surface area contributed by atoms with Crippen LogP contribution in [-0.4, -0.2) is 59.1 Å². The number of carboxylic acids is 1. The summed E-state index contributed by atoms with van der Waals surface area (Å²) in [5.41, 5.74) is 0.612. The molecule has 0 spiro atoms. The molecule has 114 valence electrons. The van der Waals surface area contributed by atoms with Crippen LogP contribution >= 0.6 is 0 Å². The summed E-state index contributed by atoms with van der Waals surface area (Å²) in [5.74, 6) is -2.32. The van der Waals surface area contributed by atoms with Crippen molar-refractivity contribution in [3.63, 3.8) is 0 Å². The van der Waals surface area contributed by atoms with Gasteiger partial charge in [0.05, 0.1) is 0 Å². The zero-order chi connectivity index (χ0) is 16.1. The van der Waals surface area contributed by atoms with E-state index in [2.05, 4.69) is 10.3 Å². The third-order valence-corrected chi connectivity index (χ3v) is 3.57. The first-order valence-electron chi connectivity index (χ1n) is 6.98. The van der Waals surface area contributed by atoms with E-state index in [4.69, 9.17) is 13.0 Å². The van der Waals surface area contributed by atoms with Crippen LogP contribution in [0, 0.1) is 0 Å². The molecule has 1 aliphatic heterocycles. The number of nitrogens with one attached hydrogen (secondary N) is 1. The van der Waals surface area contributed by atoms with Crippen molar-refractivity contribution in [1.29, 1.82) is 0 Å². The standard InChI is InChI=1S/C14H16BN3O4/c15-14(22)17-10(8-9-4-1-2-6-16-9)12(19)18-7-3-5-11(18)13(20)21/h1-2,4,6,10-11H,3,5,7-8H2,(H,17,22)(H,20,21)/t10?,11-/m1/s1. The lowest BCUT2D eigenvalue weighted by atomic mass is 10.0. The molecule has 1 aromatic rings. The van der Waals surface area contributed by atoms with E-state index in [-0.39, 0.29) is 6.42 Å². The summed E-state index contributed by atoms with van der Waals surface area (Å²) >= 11 is 0. The van der Waals surface area contributed by atoms with Crippen LogP contribution in [0.4, 0.5) is 4.79 Å². The predicted octanol–water partition coefficient (Wildman–Crippen LogP) is -0.0536. The number of nitrogens with zero attached hydrogens (tertiary/aromatic N) is 2. The molecule has 2 radical (unpaired) electrons. The fourth-order valence-electron chi connectivity index (χ4n) is 2.59. The molecule has 1 unspecified atom stereocenters. The number of carbonyl (C=O) groups is 3. The number of aliphatic carboxylic acids is 1. The van der Waals surface area contributed by atoms with Crippen molar-refractivity contribution in [2.45, 2.75) is 31.3 Å². The van der Waals surface area contributed by atoms with Crippen LogP contribution in [0.15, 0.2) is 24.4 Å². The Kier molecular flexibility index (Phi) is 5.14. The van der Waals surface area contributed by atoms with Crippen LogP contribution in [0.2, 0.25) is 0 Å². The van der Waals surface area contributed by atoms with Gasteiger partial charge in [-0.15, -0.1) is 0 Å². The molecule has 22 heavy (non-hydrogen) atoms. The van der Waals surface area contributed by atoms with Crippen LogP contribution in [0.25, 0.3) is 0 Å². The van der Waals surface area contributed by atoms with Gasteiger partial charge in [-0.1, -0.05) is 6.07 Å². The van der Waals surface area contributed by atoms with Crippen LogP contribution in [0.5, 0.6) is 0 Å². The molecule has 1 aliphatic rings. The maximum Gasteiger partial charge on any atom is 0.326 e. The van der Waals surface area contributed by atoms with Gasteiger partial charge in [-0.05, 0) is 25.0 Å². The lowest BCUT2D eigenvalue weighted by Crippen LogP contribution is -2.52. The van der Waals surface area contributed by atoms with Crippen molar-refractivity contribution in [3.05, 3.63) is 30.1 Å². The van der Waals surface area contributed by atoms with E-state index < -0.39 is 29.8 Å². The van der Waals surface area contributed by atoms with E-state index in [9.17, 15) is 14.4 Å². The third kappa shape index (κ3) is 3.84. The smallest absolute Gasteiger partial charge is 0.326 e. The zero-order valence-corrected chi connectivity index (χ0v) is 11.9. The maximum atomic E-state index is 12.6. The highest BCUT2D eigenvalue weighted by Crippen LogP contribution is 2.19. The van der Waals surface area contributed by atoms with Gasteiger partial charge in [-0.3, -0.25) is 14.6 Å². The van der Waals surface area contributed by atoms with Gasteiger partial charge in [0.2, 0.25) is 13.8 Å². The Morgan fingerprint density at radius 1 is 1.45 bits per heavy atom. The number of aromatic nitrogens is 1. The van der Waals surface area contributed by atoms with Gasteiger partial charge < -0.3 is 15.3 Å². The fraction of sp³-hybridized carbons (Fsp3) is 0.429. The molecular weight excluding hydrogens is 285 g/mol. The Bertz CT molecular complexity index is 566. The number of carbonyl (C=O) groups excluding carboxylic acids is 2. The second-order valence-corrected chi connectivity index (χ2v) is 5.11. The third-order valence-electron chi connectivity index (χ3n) is 3.57. The molecule has 2 N–H and O–H groups in total. The topological polar surface area (TPSA) is 99.6 Å². The molecule has 0 aromatic carbocycles. The van der Waals surface area contributed by atoms with Crippen molar-refractivity contribution in [1.82, 2.24) is 15.2 Å². The first kappa shape index (κ1) is 16.0. The molecule has 0 saturated carbocycles. The van der Waals surface area contributed by atoms with E-state index in [1.165, 1.54) is 4.90 Å². The van der Waals surface area contributed by atoms with Crippen molar-refractivity contribution in [3.8, 4) is 0 Å². The van der Waals surface area contributed by atoms with Gasteiger partial charge >= 0.3 is 5.97 Å². The molecular formula is C14H16BN3O4. The normalized spacial score (nSPS) is 18.7. The highest BCUT2D eigenvalue weighted by atomic mass is 16.4. The zero-order valence-electron chi connectivity index (χ0n) is 11.9. The van der Waals surface area contributed by atoms with E-state index >= 15 is 0 Å². The average Bonchev–Trinajstić information content (AvgIpc) is 2.96. The molecule has 2 amide bonds. The first-order chi connectivity index (χ1) is 10.5. The number of carboxylic acid groups (broad SMARTS) is 1. The minimum atomic E-state index is -1.04. The lowest BCUT2D eigenvalue weighted by molar-refractivity contribution is -0.148. The summed E-state index contributed by atoms with van der Waals surface area (Å²) in [5, 5.41) is 11.5. The molecule has 0 bridgehead atoms. The van der Waals surface area contributed by atoms with E-state index in [1.807, 2.05) is 0 Å². The summed E-state index contributed by atoms with van der Waals surface area (Å²) < 4.78 is 0. The van der Waals surface area contributed by atoms with Gasteiger partial charge in [-0.25, -0.2) is 4.79 Å². The molecule has 1 aromatic heterocycles. The Hall–Kier alpha value is -2.38. The molecule has 0 aliphatic carbocycles. The van der Waals surface area contributed by atoms with Gasteiger partial charge in [0, 0.05) is 24.9 Å². The average molecular weight is 301 g/mol. The highest BCUT2D eigenvalue weighted by Gasteiger charge is 2.37. The number of hydrogen-bond donors (Lipinski definition) is 2. The maximum absolute atomic E-state index is 12.6. The van der Waals surface area contributed by atoms with E-state index in [0.717, 1.165) is 0 Å². The Labute approximate surface area is 129 Å². The quantitative estimate of drug-likeness (QED) is 0.743. The minimum Gasteiger partial charge on any atom is -0.480 e. The van der Waals surface area contributed by atoms with Gasteiger partial charge in [0.15, 0.2) is 5.81 Å². The summed E-state index contributed by atoms with van der Waals surface area (Å²) in [6.07, 6.45) is 2.77. The Balaban J connectivity index is 2.15. The second-order valence-electron chi connectivity index (χ2n) is 5.11. The minimum absolute atomic E-state index is 0.158. The number of pyridine rings is 1. The Morgan fingerprint density at radius 2 is 2.23 bits per heavy atom. The fourth-order valence-corrected chi connectivity index (χ4v) is 2.59. The molecule has 1 fully saturated rings. The van der Waals surface area contributed by atoms with E-state index in [0.29, 0.717) is 25.1 Å². The largest absolute Gasteiger partial charge is 0.480 e. The van der Waals surface area contributed by atoms with Crippen LogP contribution in [-0.2, 0) is 16.0 Å². The second kappa shape index (κ2) is 7.06. The highest BCUT2D eigenvalue weighted by molar-refractivity contribution is 6.57. The first-order valence-corrected chi connectivity index (χ1v) is 6.98. The molecule has 1 saturated heterocycles. The monoisotopic (exact) mass is 301 g/mol. The molecule has 2 rings (SSSR count). The summed E-state index contributed by atoms with van der Waals surface area (Å²) in [6.45, 7) is 0.356. The number of rotatable bonds is 5. The van der Waals surface area contributed by atoms with Crippen LogP contribution in [0.3, 0.4) is 0 Å². The summed E-state index contributed by atoms with van der Waals surface area (Å²) in [4.78, 5) is 40.3. The van der Waals surface area contributed by atoms with Gasteiger partial charge in [-0.2, -0.15) is 0 Å². The number of hydrogen-bond acceptors (Lipinski definition) is 4. The van der Waals surface area contributed by atoms with Gasteiger partial charge in [0.1, 0.15) is 12.1 Å². The molecule has 8 heteroatoms. The van der Waals surface area contributed by atoms with Crippen molar-refractivity contribution >= 4 is 25.5 Å². The predicted molar refractivity (Wildman–Crippen MR) is 78.4 cm³/mol. The van der Waals surface area contributed by atoms with Crippen molar-refractivity contribution in [2.75, 3.05) is 6.54 Å². The van der Waals surface area contributed by atoms with E-state index in [1.54, 1.807) is 24.4 Å². The van der Waals surface area contributed by atoms with Crippen molar-refractivity contribution in [2.24, 2.45) is 0 Å². The molecule has 7 nitrogen and oxygen atoms in total. The Morgan fingerprint density at radius 3 is 2.82 bits per heavy atom. The SMILES string of the molecule is [B]C(=O)NC(Cc1ccccn1)C(=O)N1CCC[C@@H]1C(=O)O. The summed E-state index contributed by atoms with van der Waals surface area (Å²) in [6, 6.07) is 3.45. The van der Waals surface area contributed by atoms with Crippen LogP contribution in [0.1, 0.15) is 18.5 Å². The molecule has 2 atom stereocenters. The number of amides is 2. The van der Waals surface area contributed by atoms with Gasteiger partial charge in [0.25, 0.3) is 0 Å². The molecule has 2 heterocycles. The lowest BCUT2D eigenvalue weighted by Gasteiger charge is -2.27. The van der Waals surface area contributed by atoms with Crippen molar-refractivity contribution < 1.29 is 19.5 Å².